The molecule has 168 valence electrons. The van der Waals surface area contributed by atoms with Crippen molar-refractivity contribution >= 4 is 38.2 Å². The van der Waals surface area contributed by atoms with Crippen LogP contribution in [0.25, 0.3) is 11.3 Å². The number of halogens is 1. The van der Waals surface area contributed by atoms with E-state index >= 15 is 0 Å². The fourth-order valence-corrected chi connectivity index (χ4v) is 5.54. The van der Waals surface area contributed by atoms with E-state index in [1.54, 1.807) is 26.0 Å². The lowest BCUT2D eigenvalue weighted by Gasteiger charge is -2.19. The van der Waals surface area contributed by atoms with Crippen LogP contribution in [0.2, 0.25) is 0 Å². The van der Waals surface area contributed by atoms with Crippen molar-refractivity contribution in [2.45, 2.75) is 25.7 Å². The van der Waals surface area contributed by atoms with Gasteiger partial charge in [-0.2, -0.15) is 4.31 Å². The summed E-state index contributed by atoms with van der Waals surface area (Å²) in [5, 5.41) is 2.76. The molecule has 0 bridgehead atoms. The first-order chi connectivity index (χ1) is 15.2. The van der Waals surface area contributed by atoms with Gasteiger partial charge in [-0.25, -0.2) is 17.8 Å². The molecular weight excluding hydrogens is 453 g/mol. The molecule has 0 aliphatic rings. The number of anilines is 1. The zero-order chi connectivity index (χ0) is 23.5. The molecule has 3 aromatic rings. The second-order valence-electron chi connectivity index (χ2n) is 6.81. The summed E-state index contributed by atoms with van der Waals surface area (Å²) in [6.45, 7) is 5.05. The first kappa shape index (κ1) is 23.7. The van der Waals surface area contributed by atoms with Crippen LogP contribution in [-0.2, 0) is 10.0 Å². The van der Waals surface area contributed by atoms with Crippen molar-refractivity contribution in [3.05, 3.63) is 64.8 Å². The average molecular weight is 476 g/mol. The normalized spacial score (nSPS) is 11.5. The molecule has 1 aromatic heterocycles. The van der Waals surface area contributed by atoms with Crippen LogP contribution >= 0.6 is 11.3 Å². The zero-order valence-electron chi connectivity index (χ0n) is 17.8. The molecule has 0 unspecified atom stereocenters. The number of sulfonamides is 1. The molecule has 0 saturated carbocycles. The highest BCUT2D eigenvalue weighted by Crippen LogP contribution is 2.32. The standard InChI is InChI=1S/C22H22FN3O4S2/c1-4-26(5-2)32(29,30)18-13-16(11-12-17(18)23)21(28)25-22-24-19(20(31-22)14(3)27)15-9-7-6-8-10-15/h6-13H,4-5H2,1-3H3,(H,24,25,28). The second-order valence-corrected chi connectivity index (χ2v) is 9.71. The Morgan fingerprint density at radius 3 is 2.34 bits per heavy atom. The molecule has 1 heterocycles. The Bertz CT molecular complexity index is 1250. The van der Waals surface area contributed by atoms with Gasteiger partial charge >= 0.3 is 0 Å². The van der Waals surface area contributed by atoms with Crippen LogP contribution in [0, 0.1) is 5.82 Å². The molecule has 2 aromatic carbocycles. The molecule has 10 heteroatoms. The minimum atomic E-state index is -4.09. The summed E-state index contributed by atoms with van der Waals surface area (Å²) in [5.74, 6) is -1.80. The van der Waals surface area contributed by atoms with E-state index in [4.69, 9.17) is 0 Å². The Hall–Kier alpha value is -2.95. The minimum Gasteiger partial charge on any atom is -0.298 e. The molecule has 0 saturated heterocycles. The van der Waals surface area contributed by atoms with E-state index in [1.165, 1.54) is 13.0 Å². The molecular formula is C22H22FN3O4S2. The molecule has 7 nitrogen and oxygen atoms in total. The predicted molar refractivity (Wildman–Crippen MR) is 122 cm³/mol. The maximum Gasteiger partial charge on any atom is 0.257 e. The first-order valence-corrected chi connectivity index (χ1v) is 12.1. The molecule has 0 fully saturated rings. The summed E-state index contributed by atoms with van der Waals surface area (Å²) in [6, 6.07) is 12.2. The van der Waals surface area contributed by atoms with Gasteiger partial charge in [0.1, 0.15) is 10.7 Å². The Morgan fingerprint density at radius 2 is 1.75 bits per heavy atom. The summed E-state index contributed by atoms with van der Waals surface area (Å²) in [6.07, 6.45) is 0. The van der Waals surface area contributed by atoms with Crippen LogP contribution in [0.15, 0.2) is 53.4 Å². The number of hydrogen-bond acceptors (Lipinski definition) is 6. The smallest absolute Gasteiger partial charge is 0.257 e. The van der Waals surface area contributed by atoms with Crippen LogP contribution < -0.4 is 5.32 Å². The van der Waals surface area contributed by atoms with E-state index < -0.39 is 26.6 Å². The van der Waals surface area contributed by atoms with Crippen molar-refractivity contribution in [1.29, 1.82) is 0 Å². The number of Topliss-reactive ketones (excluding diaryl/α,β-unsaturated/α-hetero) is 1. The van der Waals surface area contributed by atoms with E-state index in [-0.39, 0.29) is 29.6 Å². The highest BCUT2D eigenvalue weighted by atomic mass is 32.2. The SMILES string of the molecule is CCN(CC)S(=O)(=O)c1cc(C(=O)Nc2nc(-c3ccccc3)c(C(C)=O)s2)ccc1F. The molecule has 0 spiro atoms. The maximum atomic E-state index is 14.3. The number of carbonyl (C=O) groups excluding carboxylic acids is 2. The molecule has 0 aliphatic carbocycles. The Kier molecular flexibility index (Phi) is 7.17. The number of nitrogens with one attached hydrogen (secondary N) is 1. The average Bonchev–Trinajstić information content (AvgIpc) is 3.19. The van der Waals surface area contributed by atoms with Crippen LogP contribution in [0.4, 0.5) is 9.52 Å². The number of aromatic nitrogens is 1. The van der Waals surface area contributed by atoms with E-state index in [0.29, 0.717) is 10.6 Å². The summed E-state index contributed by atoms with van der Waals surface area (Å²) in [5.41, 5.74) is 1.13. The number of amides is 1. The molecule has 0 radical (unpaired) electrons. The third-order valence-corrected chi connectivity index (χ3v) is 7.87. The van der Waals surface area contributed by atoms with Gasteiger partial charge in [-0.15, -0.1) is 0 Å². The molecule has 1 N–H and O–H groups in total. The van der Waals surface area contributed by atoms with Gasteiger partial charge in [0.15, 0.2) is 10.9 Å². The molecule has 0 atom stereocenters. The van der Waals surface area contributed by atoms with E-state index in [1.807, 2.05) is 18.2 Å². The lowest BCUT2D eigenvalue weighted by atomic mass is 10.1. The van der Waals surface area contributed by atoms with E-state index in [0.717, 1.165) is 33.3 Å². The number of thiazole rings is 1. The highest BCUT2D eigenvalue weighted by molar-refractivity contribution is 7.89. The number of rotatable bonds is 8. The monoisotopic (exact) mass is 475 g/mol. The van der Waals surface area contributed by atoms with Crippen molar-refractivity contribution in [1.82, 2.24) is 9.29 Å². The fourth-order valence-electron chi connectivity index (χ4n) is 3.12. The Morgan fingerprint density at radius 1 is 1.09 bits per heavy atom. The van der Waals surface area contributed by atoms with Gasteiger partial charge in [0.2, 0.25) is 10.0 Å². The third kappa shape index (κ3) is 4.77. The lowest BCUT2D eigenvalue weighted by Crippen LogP contribution is -2.31. The minimum absolute atomic E-state index is 0.0435. The van der Waals surface area contributed by atoms with E-state index in [9.17, 15) is 22.4 Å². The number of hydrogen-bond donors (Lipinski definition) is 1. The summed E-state index contributed by atoms with van der Waals surface area (Å²) in [4.78, 5) is 29.0. The predicted octanol–water partition coefficient (Wildman–Crippen LogP) is 4.43. The van der Waals surface area contributed by atoms with Gasteiger partial charge in [-0.3, -0.25) is 14.9 Å². The van der Waals surface area contributed by atoms with Gasteiger partial charge in [-0.1, -0.05) is 55.5 Å². The highest BCUT2D eigenvalue weighted by Gasteiger charge is 2.27. The van der Waals surface area contributed by atoms with Crippen LogP contribution in [0.5, 0.6) is 0 Å². The van der Waals surface area contributed by atoms with Gasteiger partial charge in [0, 0.05) is 31.1 Å². The topological polar surface area (TPSA) is 96.4 Å². The van der Waals surface area contributed by atoms with E-state index in [2.05, 4.69) is 10.3 Å². The molecule has 1 amide bonds. The second kappa shape index (κ2) is 9.68. The number of benzene rings is 2. The van der Waals surface area contributed by atoms with Crippen LogP contribution in [0.1, 0.15) is 40.8 Å². The van der Waals surface area contributed by atoms with Crippen molar-refractivity contribution in [3.8, 4) is 11.3 Å². The van der Waals surface area contributed by atoms with Gasteiger partial charge in [-0.05, 0) is 18.2 Å². The third-order valence-electron chi connectivity index (χ3n) is 4.73. The van der Waals surface area contributed by atoms with Crippen LogP contribution in [-0.4, -0.2) is 42.5 Å². The summed E-state index contributed by atoms with van der Waals surface area (Å²) in [7, 11) is -4.09. The number of nitrogens with zero attached hydrogens (tertiary/aromatic N) is 2. The molecule has 0 aliphatic heterocycles. The molecule has 32 heavy (non-hydrogen) atoms. The molecule has 3 rings (SSSR count). The zero-order valence-corrected chi connectivity index (χ0v) is 19.4. The summed E-state index contributed by atoms with van der Waals surface area (Å²) >= 11 is 1.02. The van der Waals surface area contributed by atoms with Gasteiger partial charge in [0.25, 0.3) is 5.91 Å². The Balaban J connectivity index is 1.94. The number of carbonyl (C=O) groups is 2. The van der Waals surface area contributed by atoms with Gasteiger partial charge < -0.3 is 0 Å². The lowest BCUT2D eigenvalue weighted by molar-refractivity contribution is 0.101. The fraction of sp³-hybridized carbons (Fsp3) is 0.227. The first-order valence-electron chi connectivity index (χ1n) is 9.87. The van der Waals surface area contributed by atoms with Crippen molar-refractivity contribution in [2.75, 3.05) is 18.4 Å². The largest absolute Gasteiger partial charge is 0.298 e. The maximum absolute atomic E-state index is 14.3. The van der Waals surface area contributed by atoms with Crippen molar-refractivity contribution in [2.24, 2.45) is 0 Å². The van der Waals surface area contributed by atoms with Gasteiger partial charge in [0.05, 0.1) is 10.6 Å². The summed E-state index contributed by atoms with van der Waals surface area (Å²) < 4.78 is 40.9. The van der Waals surface area contributed by atoms with Crippen molar-refractivity contribution in [3.63, 3.8) is 0 Å². The quantitative estimate of drug-likeness (QED) is 0.486. The Labute approximate surface area is 190 Å². The van der Waals surface area contributed by atoms with Crippen LogP contribution in [0.3, 0.4) is 0 Å². The van der Waals surface area contributed by atoms with Crippen molar-refractivity contribution < 1.29 is 22.4 Å². The number of ketones is 1.